The van der Waals surface area contributed by atoms with Gasteiger partial charge in [0.05, 0.1) is 0 Å². The molecule has 17 heavy (non-hydrogen) atoms. The second kappa shape index (κ2) is 5.85. The van der Waals surface area contributed by atoms with E-state index in [2.05, 4.69) is 24.4 Å². The Hall–Kier alpha value is -0.570. The molecule has 1 saturated heterocycles. The van der Waals surface area contributed by atoms with Gasteiger partial charge < -0.3 is 10.1 Å². The minimum Gasteiger partial charge on any atom is -0.381 e. The van der Waals surface area contributed by atoms with Gasteiger partial charge in [-0.05, 0) is 43.5 Å². The molecule has 2 nitrogen and oxygen atoms in total. The molecule has 1 fully saturated rings. The van der Waals surface area contributed by atoms with Gasteiger partial charge in [-0.25, -0.2) is 0 Å². The molecular formula is C14H20ClNO. The lowest BCUT2D eigenvalue weighted by atomic mass is 9.82. The molecule has 1 aliphatic rings. The summed E-state index contributed by atoms with van der Waals surface area (Å²) in [5.74, 6) is 0. The van der Waals surface area contributed by atoms with Gasteiger partial charge in [-0.15, -0.1) is 0 Å². The average Bonchev–Trinajstić information content (AvgIpc) is 2.38. The molecule has 0 radical (unpaired) electrons. The highest BCUT2D eigenvalue weighted by Gasteiger charge is 2.33. The first-order valence-corrected chi connectivity index (χ1v) is 6.73. The summed E-state index contributed by atoms with van der Waals surface area (Å²) in [6, 6.07) is 8.22. The second-order valence-corrected chi connectivity index (χ2v) is 5.06. The van der Waals surface area contributed by atoms with Crippen molar-refractivity contribution in [2.75, 3.05) is 19.8 Å². The lowest BCUT2D eigenvalue weighted by Crippen LogP contribution is -2.47. The quantitative estimate of drug-likeness (QED) is 0.889. The standard InChI is InChI=1S/C14H20ClNO/c1-2-9-16-14(7-10-17-11-8-14)12-3-5-13(15)6-4-12/h3-6,16H,2,7-11H2,1H3. The predicted octanol–water partition coefficient (Wildman–Crippen LogP) is 3.35. The molecule has 1 aromatic rings. The van der Waals surface area contributed by atoms with Crippen LogP contribution in [0.5, 0.6) is 0 Å². The highest BCUT2D eigenvalue weighted by Crippen LogP contribution is 2.32. The Balaban J connectivity index is 2.21. The minimum atomic E-state index is 0.0822. The van der Waals surface area contributed by atoms with E-state index in [0.717, 1.165) is 44.0 Å². The fourth-order valence-corrected chi connectivity index (χ4v) is 2.55. The van der Waals surface area contributed by atoms with Crippen LogP contribution in [0.4, 0.5) is 0 Å². The van der Waals surface area contributed by atoms with Crippen LogP contribution in [0.15, 0.2) is 24.3 Å². The van der Waals surface area contributed by atoms with E-state index in [1.54, 1.807) is 0 Å². The molecule has 0 bridgehead atoms. The second-order valence-electron chi connectivity index (χ2n) is 4.63. The first-order valence-electron chi connectivity index (χ1n) is 6.36. The smallest absolute Gasteiger partial charge is 0.0486 e. The Labute approximate surface area is 108 Å². The summed E-state index contributed by atoms with van der Waals surface area (Å²) in [7, 11) is 0. The van der Waals surface area contributed by atoms with Crippen LogP contribution in [0.25, 0.3) is 0 Å². The zero-order chi connectivity index (χ0) is 12.1. The van der Waals surface area contributed by atoms with Gasteiger partial charge in [0.2, 0.25) is 0 Å². The van der Waals surface area contributed by atoms with E-state index in [1.165, 1.54) is 5.56 Å². The fourth-order valence-electron chi connectivity index (χ4n) is 2.42. The van der Waals surface area contributed by atoms with Crippen LogP contribution in [-0.4, -0.2) is 19.8 Å². The number of benzene rings is 1. The van der Waals surface area contributed by atoms with Crippen LogP contribution in [0, 0.1) is 0 Å². The molecule has 0 saturated carbocycles. The Kier molecular flexibility index (Phi) is 4.43. The van der Waals surface area contributed by atoms with Gasteiger partial charge in [0.25, 0.3) is 0 Å². The van der Waals surface area contributed by atoms with Crippen molar-refractivity contribution in [1.29, 1.82) is 0 Å². The molecule has 1 aromatic carbocycles. The molecule has 1 N–H and O–H groups in total. The summed E-state index contributed by atoms with van der Waals surface area (Å²) in [4.78, 5) is 0. The minimum absolute atomic E-state index is 0.0822. The van der Waals surface area contributed by atoms with Crippen LogP contribution in [-0.2, 0) is 10.3 Å². The lowest BCUT2D eigenvalue weighted by Gasteiger charge is -2.39. The van der Waals surface area contributed by atoms with E-state index in [1.807, 2.05) is 12.1 Å². The molecule has 2 rings (SSSR count). The number of hydrogen-bond donors (Lipinski definition) is 1. The van der Waals surface area contributed by atoms with Gasteiger partial charge in [0, 0.05) is 23.8 Å². The largest absolute Gasteiger partial charge is 0.381 e. The van der Waals surface area contributed by atoms with Crippen LogP contribution in [0.2, 0.25) is 5.02 Å². The third-order valence-corrected chi connectivity index (χ3v) is 3.71. The zero-order valence-electron chi connectivity index (χ0n) is 10.3. The van der Waals surface area contributed by atoms with Crippen molar-refractivity contribution in [3.05, 3.63) is 34.9 Å². The third-order valence-electron chi connectivity index (χ3n) is 3.46. The van der Waals surface area contributed by atoms with Crippen molar-refractivity contribution in [3.8, 4) is 0 Å². The van der Waals surface area contributed by atoms with E-state index in [9.17, 15) is 0 Å². The molecule has 0 atom stereocenters. The average molecular weight is 254 g/mol. The van der Waals surface area contributed by atoms with Crippen molar-refractivity contribution in [3.63, 3.8) is 0 Å². The normalized spacial score (nSPS) is 19.2. The third kappa shape index (κ3) is 3.01. The number of hydrogen-bond acceptors (Lipinski definition) is 2. The SMILES string of the molecule is CCCNC1(c2ccc(Cl)cc2)CCOCC1. The fraction of sp³-hybridized carbons (Fsp3) is 0.571. The molecular weight excluding hydrogens is 234 g/mol. The van der Waals surface area contributed by atoms with E-state index in [-0.39, 0.29) is 5.54 Å². The maximum atomic E-state index is 5.96. The number of nitrogens with one attached hydrogen (secondary N) is 1. The highest BCUT2D eigenvalue weighted by atomic mass is 35.5. The first-order chi connectivity index (χ1) is 8.27. The van der Waals surface area contributed by atoms with E-state index < -0.39 is 0 Å². The van der Waals surface area contributed by atoms with Gasteiger partial charge in [0.1, 0.15) is 0 Å². The summed E-state index contributed by atoms with van der Waals surface area (Å²) in [6.45, 7) is 4.91. The van der Waals surface area contributed by atoms with Crippen molar-refractivity contribution >= 4 is 11.6 Å². The molecule has 0 aromatic heterocycles. The number of ether oxygens (including phenoxy) is 1. The van der Waals surface area contributed by atoms with Crippen molar-refractivity contribution < 1.29 is 4.74 Å². The summed E-state index contributed by atoms with van der Waals surface area (Å²) in [5.41, 5.74) is 1.41. The first kappa shape index (κ1) is 12.9. The highest BCUT2D eigenvalue weighted by molar-refractivity contribution is 6.30. The number of halogens is 1. The van der Waals surface area contributed by atoms with Gasteiger partial charge in [-0.3, -0.25) is 0 Å². The maximum absolute atomic E-state index is 5.96. The summed E-state index contributed by atoms with van der Waals surface area (Å²) < 4.78 is 5.48. The van der Waals surface area contributed by atoms with Crippen LogP contribution in [0.3, 0.4) is 0 Å². The van der Waals surface area contributed by atoms with Crippen molar-refractivity contribution in [2.24, 2.45) is 0 Å². The summed E-state index contributed by atoms with van der Waals surface area (Å²) >= 11 is 5.96. The van der Waals surface area contributed by atoms with Gasteiger partial charge >= 0.3 is 0 Å². The lowest BCUT2D eigenvalue weighted by molar-refractivity contribution is 0.0367. The summed E-state index contributed by atoms with van der Waals surface area (Å²) in [5, 5.41) is 4.50. The van der Waals surface area contributed by atoms with Gasteiger partial charge in [-0.1, -0.05) is 30.7 Å². The number of rotatable bonds is 4. The summed E-state index contributed by atoms with van der Waals surface area (Å²) in [6.07, 6.45) is 3.22. The molecule has 0 unspecified atom stereocenters. The molecule has 0 amide bonds. The monoisotopic (exact) mass is 253 g/mol. The Morgan fingerprint density at radius 3 is 2.47 bits per heavy atom. The van der Waals surface area contributed by atoms with Crippen LogP contribution >= 0.6 is 11.6 Å². The Bertz CT molecular complexity index is 344. The van der Waals surface area contributed by atoms with E-state index >= 15 is 0 Å². The van der Waals surface area contributed by atoms with Gasteiger partial charge in [-0.2, -0.15) is 0 Å². The van der Waals surface area contributed by atoms with Gasteiger partial charge in [0.15, 0.2) is 0 Å². The molecule has 94 valence electrons. The molecule has 1 heterocycles. The predicted molar refractivity (Wildman–Crippen MR) is 71.5 cm³/mol. The molecule has 1 aliphatic heterocycles. The Morgan fingerprint density at radius 2 is 1.88 bits per heavy atom. The van der Waals surface area contributed by atoms with Crippen LogP contribution < -0.4 is 5.32 Å². The van der Waals surface area contributed by atoms with E-state index in [0.29, 0.717) is 0 Å². The molecule has 0 spiro atoms. The topological polar surface area (TPSA) is 21.3 Å². The van der Waals surface area contributed by atoms with Crippen LogP contribution in [0.1, 0.15) is 31.7 Å². The van der Waals surface area contributed by atoms with E-state index in [4.69, 9.17) is 16.3 Å². The molecule has 0 aliphatic carbocycles. The maximum Gasteiger partial charge on any atom is 0.0486 e. The zero-order valence-corrected chi connectivity index (χ0v) is 11.1. The molecule has 3 heteroatoms. The van der Waals surface area contributed by atoms with Crippen molar-refractivity contribution in [2.45, 2.75) is 31.7 Å². The van der Waals surface area contributed by atoms with Crippen molar-refractivity contribution in [1.82, 2.24) is 5.32 Å². The Morgan fingerprint density at radius 1 is 1.24 bits per heavy atom.